The monoisotopic (exact) mass is 529 g/mol. The average Bonchev–Trinajstić information content (AvgIpc) is 2.80. The number of rotatable bonds is 13. The molecule has 0 spiro atoms. The van der Waals surface area contributed by atoms with Gasteiger partial charge >= 0.3 is 0 Å². The van der Waals surface area contributed by atoms with E-state index in [1.807, 2.05) is 84.0 Å². The molecule has 0 fully saturated rings. The molecular formula is C29H43N3O4S. The van der Waals surface area contributed by atoms with Gasteiger partial charge in [-0.2, -0.15) is 0 Å². The van der Waals surface area contributed by atoms with E-state index in [1.54, 1.807) is 4.90 Å². The Hall–Kier alpha value is -2.87. The van der Waals surface area contributed by atoms with E-state index in [0.717, 1.165) is 28.7 Å². The highest BCUT2D eigenvalue weighted by Crippen LogP contribution is 2.22. The summed E-state index contributed by atoms with van der Waals surface area (Å²) in [6.07, 6.45) is 2.94. The van der Waals surface area contributed by atoms with Gasteiger partial charge in [-0.25, -0.2) is 8.42 Å². The minimum atomic E-state index is -3.53. The van der Waals surface area contributed by atoms with Crippen LogP contribution < -0.4 is 9.62 Å². The maximum atomic E-state index is 13.5. The quantitative estimate of drug-likeness (QED) is 0.401. The third-order valence-corrected chi connectivity index (χ3v) is 7.66. The lowest BCUT2D eigenvalue weighted by Gasteiger charge is -2.32. The first-order chi connectivity index (χ1) is 17.3. The third kappa shape index (κ3) is 9.18. The second-order valence-electron chi connectivity index (χ2n) is 10.0. The number of carbonyl (C=O) groups is 2. The zero-order chi connectivity index (χ0) is 27.8. The number of amides is 2. The molecule has 0 aromatic heterocycles. The van der Waals surface area contributed by atoms with E-state index in [4.69, 9.17) is 0 Å². The average molecular weight is 530 g/mol. The van der Waals surface area contributed by atoms with Gasteiger partial charge in [-0.05, 0) is 75.8 Å². The Morgan fingerprint density at radius 1 is 0.946 bits per heavy atom. The molecule has 0 heterocycles. The van der Waals surface area contributed by atoms with Crippen molar-refractivity contribution in [3.63, 3.8) is 0 Å². The van der Waals surface area contributed by atoms with Crippen LogP contribution in [0.1, 0.15) is 68.7 Å². The molecule has 0 saturated carbocycles. The van der Waals surface area contributed by atoms with Crippen molar-refractivity contribution in [2.24, 2.45) is 0 Å². The first-order valence-electron chi connectivity index (χ1n) is 13.1. The van der Waals surface area contributed by atoms with E-state index in [1.165, 1.54) is 10.6 Å². The fourth-order valence-corrected chi connectivity index (χ4v) is 5.42. The van der Waals surface area contributed by atoms with Crippen LogP contribution in [0.2, 0.25) is 0 Å². The lowest BCUT2D eigenvalue weighted by Crippen LogP contribution is -2.50. The van der Waals surface area contributed by atoms with Gasteiger partial charge in [0.1, 0.15) is 6.04 Å². The van der Waals surface area contributed by atoms with Crippen LogP contribution in [0.3, 0.4) is 0 Å². The number of benzene rings is 2. The van der Waals surface area contributed by atoms with Crippen LogP contribution >= 0.6 is 0 Å². The maximum Gasteiger partial charge on any atom is 0.243 e. The third-order valence-electron chi connectivity index (χ3n) is 6.47. The van der Waals surface area contributed by atoms with Crippen molar-refractivity contribution < 1.29 is 18.0 Å². The standard InChI is InChI=1S/C29H43N3O4S/c1-8-24(6)30-29(34)27(9-2)31(20-25-13-10-12-21(3)17-25)28(33)14-11-15-32(37(7,35)36)26-18-22(4)16-23(5)19-26/h10,12-13,16-19,24,27H,8-9,11,14-15,20H2,1-7H3,(H,30,34)/t24-,27+/m0/s1. The number of hydrogen-bond donors (Lipinski definition) is 1. The maximum absolute atomic E-state index is 13.5. The molecule has 0 aliphatic carbocycles. The molecule has 7 nitrogen and oxygen atoms in total. The molecule has 37 heavy (non-hydrogen) atoms. The second kappa shape index (κ2) is 13.6. The molecule has 0 aliphatic heterocycles. The van der Waals surface area contributed by atoms with Crippen LogP contribution in [0.4, 0.5) is 5.69 Å². The highest BCUT2D eigenvalue weighted by molar-refractivity contribution is 7.92. The summed E-state index contributed by atoms with van der Waals surface area (Å²) in [6, 6.07) is 13.0. The van der Waals surface area contributed by atoms with Gasteiger partial charge in [-0.1, -0.05) is 49.7 Å². The highest BCUT2D eigenvalue weighted by atomic mass is 32.2. The Kier molecular flexibility index (Phi) is 11.2. The van der Waals surface area contributed by atoms with E-state index in [2.05, 4.69) is 5.32 Å². The smallest absolute Gasteiger partial charge is 0.243 e. The normalized spacial score (nSPS) is 13.1. The van der Waals surface area contributed by atoms with Gasteiger partial charge in [0.2, 0.25) is 21.8 Å². The summed E-state index contributed by atoms with van der Waals surface area (Å²) in [4.78, 5) is 28.3. The summed E-state index contributed by atoms with van der Waals surface area (Å²) in [5, 5.41) is 3.02. The van der Waals surface area contributed by atoms with Gasteiger partial charge in [-0.15, -0.1) is 0 Å². The van der Waals surface area contributed by atoms with Crippen LogP contribution in [-0.4, -0.2) is 50.0 Å². The molecule has 2 atom stereocenters. The Morgan fingerprint density at radius 3 is 2.14 bits per heavy atom. The molecule has 1 N–H and O–H groups in total. The van der Waals surface area contributed by atoms with Gasteiger partial charge in [0.05, 0.1) is 11.9 Å². The number of sulfonamides is 1. The van der Waals surface area contributed by atoms with E-state index in [0.29, 0.717) is 25.1 Å². The number of nitrogens with one attached hydrogen (secondary N) is 1. The van der Waals surface area contributed by atoms with Crippen molar-refractivity contribution in [2.45, 2.75) is 85.9 Å². The van der Waals surface area contributed by atoms with E-state index in [-0.39, 0.29) is 30.8 Å². The molecule has 204 valence electrons. The fourth-order valence-electron chi connectivity index (χ4n) is 4.47. The van der Waals surface area contributed by atoms with E-state index in [9.17, 15) is 18.0 Å². The summed E-state index contributed by atoms with van der Waals surface area (Å²) < 4.78 is 26.5. The van der Waals surface area contributed by atoms with Crippen molar-refractivity contribution in [3.8, 4) is 0 Å². The molecule has 2 amide bonds. The molecule has 0 saturated heterocycles. The minimum Gasteiger partial charge on any atom is -0.352 e. The van der Waals surface area contributed by atoms with Crippen LogP contribution in [-0.2, 0) is 26.2 Å². The predicted octanol–water partition coefficient (Wildman–Crippen LogP) is 4.88. The first kappa shape index (κ1) is 30.4. The number of nitrogens with zero attached hydrogens (tertiary/aromatic N) is 2. The topological polar surface area (TPSA) is 86.8 Å². The Labute approximate surface area is 223 Å². The zero-order valence-corrected chi connectivity index (χ0v) is 24.2. The molecular weight excluding hydrogens is 486 g/mol. The Morgan fingerprint density at radius 2 is 1.59 bits per heavy atom. The van der Waals surface area contributed by atoms with Crippen molar-refractivity contribution in [1.29, 1.82) is 0 Å². The summed E-state index contributed by atoms with van der Waals surface area (Å²) in [5.41, 5.74) is 4.59. The second-order valence-corrected chi connectivity index (χ2v) is 11.9. The largest absolute Gasteiger partial charge is 0.352 e. The van der Waals surface area contributed by atoms with Crippen LogP contribution in [0.5, 0.6) is 0 Å². The highest BCUT2D eigenvalue weighted by Gasteiger charge is 2.29. The van der Waals surface area contributed by atoms with Crippen molar-refractivity contribution in [3.05, 3.63) is 64.7 Å². The summed E-state index contributed by atoms with van der Waals surface area (Å²) >= 11 is 0. The van der Waals surface area contributed by atoms with Gasteiger partial charge < -0.3 is 10.2 Å². The summed E-state index contributed by atoms with van der Waals surface area (Å²) in [5.74, 6) is -0.326. The number of aryl methyl sites for hydroxylation is 3. The van der Waals surface area contributed by atoms with Gasteiger partial charge in [0.25, 0.3) is 0 Å². The molecule has 0 radical (unpaired) electrons. The lowest BCUT2D eigenvalue weighted by atomic mass is 10.1. The van der Waals surface area contributed by atoms with Crippen LogP contribution in [0.25, 0.3) is 0 Å². The lowest BCUT2D eigenvalue weighted by molar-refractivity contribution is -0.141. The predicted molar refractivity (Wildman–Crippen MR) is 151 cm³/mol. The number of carbonyl (C=O) groups excluding carboxylic acids is 2. The number of hydrogen-bond acceptors (Lipinski definition) is 4. The van der Waals surface area contributed by atoms with Gasteiger partial charge in [0.15, 0.2) is 0 Å². The minimum absolute atomic E-state index is 0.0126. The van der Waals surface area contributed by atoms with Gasteiger partial charge in [0, 0.05) is 25.6 Å². The SMILES string of the molecule is CC[C@H](C(=O)N[C@@H](C)CC)N(Cc1cccc(C)c1)C(=O)CCCN(c1cc(C)cc(C)c1)S(C)(=O)=O. The van der Waals surface area contributed by atoms with Crippen molar-refractivity contribution in [1.82, 2.24) is 10.2 Å². The number of anilines is 1. The first-order valence-corrected chi connectivity index (χ1v) is 14.9. The van der Waals surface area contributed by atoms with E-state index < -0.39 is 16.1 Å². The van der Waals surface area contributed by atoms with Crippen LogP contribution in [0.15, 0.2) is 42.5 Å². The fraction of sp³-hybridized carbons (Fsp3) is 0.517. The molecule has 0 aliphatic rings. The molecule has 0 bridgehead atoms. The Bertz CT molecular complexity index is 1160. The van der Waals surface area contributed by atoms with E-state index >= 15 is 0 Å². The molecule has 0 unspecified atom stereocenters. The van der Waals surface area contributed by atoms with Gasteiger partial charge in [-0.3, -0.25) is 13.9 Å². The van der Waals surface area contributed by atoms with Crippen molar-refractivity contribution in [2.75, 3.05) is 17.1 Å². The zero-order valence-electron chi connectivity index (χ0n) is 23.4. The van der Waals surface area contributed by atoms with Crippen LogP contribution in [0, 0.1) is 20.8 Å². The summed E-state index contributed by atoms with van der Waals surface area (Å²) in [7, 11) is -3.53. The molecule has 8 heteroatoms. The Balaban J connectivity index is 2.25. The van der Waals surface area contributed by atoms with Crippen molar-refractivity contribution >= 4 is 27.5 Å². The molecule has 2 rings (SSSR count). The molecule has 2 aromatic carbocycles. The molecule has 2 aromatic rings. The summed E-state index contributed by atoms with van der Waals surface area (Å²) in [6.45, 7) is 12.2.